The van der Waals surface area contributed by atoms with E-state index < -0.39 is 0 Å². The Morgan fingerprint density at radius 3 is 2.35 bits per heavy atom. The molecule has 4 nitrogen and oxygen atoms in total. The molecular weight excluding hydrogens is 248 g/mol. The molecule has 2 aromatic rings. The predicted octanol–water partition coefficient (Wildman–Crippen LogP) is 3.14. The molecular formula is C16H22N4. The number of aromatic nitrogens is 2. The van der Waals surface area contributed by atoms with E-state index in [2.05, 4.69) is 23.8 Å². The second-order valence-corrected chi connectivity index (χ2v) is 5.32. The average molecular weight is 270 g/mol. The summed E-state index contributed by atoms with van der Waals surface area (Å²) >= 11 is 0. The first-order valence-corrected chi connectivity index (χ1v) is 6.89. The summed E-state index contributed by atoms with van der Waals surface area (Å²) in [5.74, 6) is 1.12. The van der Waals surface area contributed by atoms with Gasteiger partial charge in [0.2, 0.25) is 5.95 Å². The zero-order valence-corrected chi connectivity index (χ0v) is 12.6. The third-order valence-corrected chi connectivity index (χ3v) is 3.31. The molecule has 1 aromatic heterocycles. The number of nitrogens with zero attached hydrogens (tertiary/aromatic N) is 3. The van der Waals surface area contributed by atoms with Crippen molar-refractivity contribution in [2.75, 3.05) is 11.9 Å². The van der Waals surface area contributed by atoms with E-state index in [1.54, 1.807) is 0 Å². The Kier molecular flexibility index (Phi) is 4.35. The van der Waals surface area contributed by atoms with Crippen LogP contribution < -0.4 is 10.6 Å². The van der Waals surface area contributed by atoms with Gasteiger partial charge in [-0.05, 0) is 36.6 Å². The van der Waals surface area contributed by atoms with Crippen LogP contribution in [0.2, 0.25) is 0 Å². The van der Waals surface area contributed by atoms with Gasteiger partial charge in [0.15, 0.2) is 0 Å². The Morgan fingerprint density at radius 2 is 1.80 bits per heavy atom. The van der Waals surface area contributed by atoms with Crippen molar-refractivity contribution in [3.05, 3.63) is 47.3 Å². The van der Waals surface area contributed by atoms with Crippen molar-refractivity contribution in [3.8, 4) is 0 Å². The largest absolute Gasteiger partial charge is 0.326 e. The molecule has 0 aliphatic heterocycles. The van der Waals surface area contributed by atoms with Crippen molar-refractivity contribution in [2.24, 2.45) is 5.73 Å². The van der Waals surface area contributed by atoms with Gasteiger partial charge in [-0.15, -0.1) is 0 Å². The van der Waals surface area contributed by atoms with Crippen LogP contribution in [0.15, 0.2) is 30.3 Å². The van der Waals surface area contributed by atoms with Gasteiger partial charge in [-0.3, -0.25) is 0 Å². The van der Waals surface area contributed by atoms with E-state index in [-0.39, 0.29) is 0 Å². The van der Waals surface area contributed by atoms with Gasteiger partial charge in [-0.1, -0.05) is 26.0 Å². The molecule has 0 saturated heterocycles. The molecule has 0 radical (unpaired) electrons. The number of anilines is 2. The highest BCUT2D eigenvalue weighted by Gasteiger charge is 2.11. The first-order valence-electron chi connectivity index (χ1n) is 6.89. The van der Waals surface area contributed by atoms with E-state index in [0.29, 0.717) is 12.5 Å². The van der Waals surface area contributed by atoms with Crippen LogP contribution in [0.3, 0.4) is 0 Å². The van der Waals surface area contributed by atoms with E-state index in [9.17, 15) is 0 Å². The minimum atomic E-state index is 0.392. The molecule has 0 amide bonds. The van der Waals surface area contributed by atoms with Gasteiger partial charge in [0.25, 0.3) is 0 Å². The quantitative estimate of drug-likeness (QED) is 0.927. The van der Waals surface area contributed by atoms with Gasteiger partial charge in [-0.25, -0.2) is 9.97 Å². The predicted molar refractivity (Wildman–Crippen MR) is 83.3 cm³/mol. The Labute approximate surface area is 120 Å². The maximum absolute atomic E-state index is 5.62. The summed E-state index contributed by atoms with van der Waals surface area (Å²) in [5.41, 5.74) is 9.86. The van der Waals surface area contributed by atoms with Crippen molar-refractivity contribution >= 4 is 11.6 Å². The van der Waals surface area contributed by atoms with Crippen LogP contribution >= 0.6 is 0 Å². The normalized spacial score (nSPS) is 10.9. The molecule has 0 aliphatic rings. The lowest BCUT2D eigenvalue weighted by molar-refractivity contribution is 0.804. The van der Waals surface area contributed by atoms with E-state index in [4.69, 9.17) is 5.73 Å². The Bertz CT molecular complexity index is 576. The summed E-state index contributed by atoms with van der Waals surface area (Å²) in [6.45, 7) is 6.84. The summed E-state index contributed by atoms with van der Waals surface area (Å²) in [6, 6.07) is 10.2. The summed E-state index contributed by atoms with van der Waals surface area (Å²) in [6.07, 6.45) is 0. The molecule has 1 heterocycles. The van der Waals surface area contributed by atoms with Crippen molar-refractivity contribution < 1.29 is 0 Å². The fraction of sp³-hybridized carbons (Fsp3) is 0.375. The van der Waals surface area contributed by atoms with Gasteiger partial charge in [0, 0.05) is 30.7 Å². The number of aryl methyl sites for hydroxylation is 1. The number of benzene rings is 1. The summed E-state index contributed by atoms with van der Waals surface area (Å²) < 4.78 is 0. The summed E-state index contributed by atoms with van der Waals surface area (Å²) in [7, 11) is 1.98. The molecule has 0 bridgehead atoms. The van der Waals surface area contributed by atoms with Crippen LogP contribution in [0.25, 0.3) is 0 Å². The highest BCUT2D eigenvalue weighted by atomic mass is 15.2. The molecule has 20 heavy (non-hydrogen) atoms. The van der Waals surface area contributed by atoms with Gasteiger partial charge >= 0.3 is 0 Å². The van der Waals surface area contributed by atoms with Crippen LogP contribution in [-0.4, -0.2) is 17.0 Å². The van der Waals surface area contributed by atoms with E-state index in [0.717, 1.165) is 28.6 Å². The van der Waals surface area contributed by atoms with Crippen LogP contribution in [0.1, 0.15) is 36.7 Å². The van der Waals surface area contributed by atoms with Crippen LogP contribution in [0.5, 0.6) is 0 Å². The van der Waals surface area contributed by atoms with Gasteiger partial charge in [0.05, 0.1) is 0 Å². The number of hydrogen-bond acceptors (Lipinski definition) is 4. The van der Waals surface area contributed by atoms with Gasteiger partial charge < -0.3 is 10.6 Å². The second-order valence-electron chi connectivity index (χ2n) is 5.32. The topological polar surface area (TPSA) is 55.0 Å². The van der Waals surface area contributed by atoms with Gasteiger partial charge in [0.1, 0.15) is 0 Å². The van der Waals surface area contributed by atoms with Crippen molar-refractivity contribution in [2.45, 2.75) is 33.2 Å². The molecule has 0 unspecified atom stereocenters. The molecule has 4 heteroatoms. The number of rotatable bonds is 4. The Balaban J connectivity index is 2.34. The smallest absolute Gasteiger partial charge is 0.230 e. The average Bonchev–Trinajstić information content (AvgIpc) is 2.46. The first kappa shape index (κ1) is 14.5. The lowest BCUT2D eigenvalue weighted by atomic mass is 10.1. The van der Waals surface area contributed by atoms with E-state index in [1.165, 1.54) is 0 Å². The Hall–Kier alpha value is -1.94. The minimum absolute atomic E-state index is 0.392. The lowest BCUT2D eigenvalue weighted by Gasteiger charge is -2.19. The molecule has 1 aromatic carbocycles. The fourth-order valence-electron chi connectivity index (χ4n) is 1.99. The number of hydrogen-bond donors (Lipinski definition) is 1. The first-order chi connectivity index (χ1) is 9.51. The maximum Gasteiger partial charge on any atom is 0.230 e. The minimum Gasteiger partial charge on any atom is -0.326 e. The summed E-state index contributed by atoms with van der Waals surface area (Å²) in [5, 5.41) is 0. The van der Waals surface area contributed by atoms with Crippen molar-refractivity contribution in [3.63, 3.8) is 0 Å². The molecule has 0 aliphatic carbocycles. The monoisotopic (exact) mass is 270 g/mol. The summed E-state index contributed by atoms with van der Waals surface area (Å²) in [4.78, 5) is 11.2. The molecule has 0 saturated carbocycles. The van der Waals surface area contributed by atoms with Crippen molar-refractivity contribution in [1.82, 2.24) is 9.97 Å². The third-order valence-electron chi connectivity index (χ3n) is 3.31. The lowest BCUT2D eigenvalue weighted by Crippen LogP contribution is -2.15. The van der Waals surface area contributed by atoms with Crippen molar-refractivity contribution in [1.29, 1.82) is 0 Å². The van der Waals surface area contributed by atoms with E-state index in [1.807, 2.05) is 49.2 Å². The molecule has 106 valence electrons. The highest BCUT2D eigenvalue weighted by Crippen LogP contribution is 2.23. The molecule has 0 atom stereocenters. The zero-order valence-electron chi connectivity index (χ0n) is 12.6. The molecule has 0 spiro atoms. The van der Waals surface area contributed by atoms with Crippen LogP contribution in [0.4, 0.5) is 11.6 Å². The standard InChI is InChI=1S/C16H22N4/c1-11(2)15-9-12(3)18-16(19-15)20(4)14-7-5-13(10-17)6-8-14/h5-9,11H,10,17H2,1-4H3. The Morgan fingerprint density at radius 1 is 1.15 bits per heavy atom. The zero-order chi connectivity index (χ0) is 14.7. The maximum atomic E-state index is 5.62. The molecule has 0 fully saturated rings. The highest BCUT2D eigenvalue weighted by molar-refractivity contribution is 5.57. The third kappa shape index (κ3) is 3.14. The SMILES string of the molecule is Cc1cc(C(C)C)nc(N(C)c2ccc(CN)cc2)n1. The fourth-order valence-corrected chi connectivity index (χ4v) is 1.99. The second kappa shape index (κ2) is 6.01. The molecule has 2 rings (SSSR count). The number of nitrogens with two attached hydrogens (primary N) is 1. The van der Waals surface area contributed by atoms with E-state index >= 15 is 0 Å². The van der Waals surface area contributed by atoms with Crippen LogP contribution in [0, 0.1) is 6.92 Å². The molecule has 2 N–H and O–H groups in total. The van der Waals surface area contributed by atoms with Gasteiger partial charge in [-0.2, -0.15) is 0 Å². The van der Waals surface area contributed by atoms with Crippen LogP contribution in [-0.2, 0) is 6.54 Å².